The summed E-state index contributed by atoms with van der Waals surface area (Å²) in [5, 5.41) is 0. The second kappa shape index (κ2) is 4.53. The Labute approximate surface area is 107 Å². The Hall–Kier alpha value is -1.68. The predicted octanol–water partition coefficient (Wildman–Crippen LogP) is 1.87. The number of para-hydroxylation sites is 2. The molecule has 3 rings (SSSR count). The van der Waals surface area contributed by atoms with Crippen LogP contribution in [0.5, 0.6) is 0 Å². The molecule has 4 heteroatoms. The van der Waals surface area contributed by atoms with E-state index in [0.29, 0.717) is 12.6 Å². The van der Waals surface area contributed by atoms with E-state index in [4.69, 9.17) is 10.7 Å². The lowest BCUT2D eigenvalue weighted by Crippen LogP contribution is -2.36. The molecule has 0 spiro atoms. The number of aromatic nitrogens is 2. The summed E-state index contributed by atoms with van der Waals surface area (Å²) < 4.78 is 0. The van der Waals surface area contributed by atoms with Gasteiger partial charge in [0.15, 0.2) is 5.82 Å². The number of fused-ring (bicyclic) bond motifs is 1. The van der Waals surface area contributed by atoms with Crippen molar-refractivity contribution in [3.05, 3.63) is 30.0 Å². The molecule has 0 aliphatic carbocycles. The standard InChI is InChI=1S/C14H18N4/c1-10-14(18-8-4-5-11(18)9-15)17-13-7-3-2-6-12(13)16-10/h2-3,6-7,11H,4-5,8-9,15H2,1H3. The summed E-state index contributed by atoms with van der Waals surface area (Å²) in [6.45, 7) is 3.75. The van der Waals surface area contributed by atoms with E-state index in [-0.39, 0.29) is 0 Å². The molecule has 0 radical (unpaired) electrons. The molecule has 1 saturated heterocycles. The fourth-order valence-corrected chi connectivity index (χ4v) is 2.71. The lowest BCUT2D eigenvalue weighted by atomic mass is 10.2. The van der Waals surface area contributed by atoms with Gasteiger partial charge < -0.3 is 10.6 Å². The molecule has 0 bridgehead atoms. The van der Waals surface area contributed by atoms with E-state index >= 15 is 0 Å². The minimum Gasteiger partial charge on any atom is -0.351 e. The van der Waals surface area contributed by atoms with Crippen LogP contribution in [-0.4, -0.2) is 29.1 Å². The van der Waals surface area contributed by atoms with Crippen LogP contribution in [0.15, 0.2) is 24.3 Å². The lowest BCUT2D eigenvalue weighted by Gasteiger charge is -2.25. The quantitative estimate of drug-likeness (QED) is 0.873. The first-order valence-electron chi connectivity index (χ1n) is 6.49. The van der Waals surface area contributed by atoms with Gasteiger partial charge in [-0.25, -0.2) is 9.97 Å². The van der Waals surface area contributed by atoms with Crippen molar-refractivity contribution in [1.29, 1.82) is 0 Å². The van der Waals surface area contributed by atoms with Crippen LogP contribution in [0.3, 0.4) is 0 Å². The Morgan fingerprint density at radius 1 is 1.28 bits per heavy atom. The molecule has 1 aliphatic heterocycles. The van der Waals surface area contributed by atoms with Crippen LogP contribution in [-0.2, 0) is 0 Å². The zero-order valence-corrected chi connectivity index (χ0v) is 10.6. The molecule has 2 aromatic rings. The first kappa shape index (κ1) is 11.4. The van der Waals surface area contributed by atoms with E-state index in [2.05, 4.69) is 9.88 Å². The van der Waals surface area contributed by atoms with Crippen molar-refractivity contribution >= 4 is 16.9 Å². The van der Waals surface area contributed by atoms with Gasteiger partial charge in [-0.15, -0.1) is 0 Å². The first-order chi connectivity index (χ1) is 8.79. The molecular formula is C14H18N4. The molecule has 1 aromatic heterocycles. The normalized spacial score (nSPS) is 19.7. The van der Waals surface area contributed by atoms with Crippen molar-refractivity contribution in [3.63, 3.8) is 0 Å². The number of nitrogens with two attached hydrogens (primary N) is 1. The summed E-state index contributed by atoms with van der Waals surface area (Å²) in [4.78, 5) is 11.7. The highest BCUT2D eigenvalue weighted by molar-refractivity contribution is 5.76. The Morgan fingerprint density at radius 2 is 2.00 bits per heavy atom. The molecule has 1 atom stereocenters. The number of benzene rings is 1. The predicted molar refractivity (Wildman–Crippen MR) is 73.7 cm³/mol. The minimum atomic E-state index is 0.416. The van der Waals surface area contributed by atoms with Gasteiger partial charge in [0, 0.05) is 19.1 Å². The number of anilines is 1. The summed E-state index contributed by atoms with van der Waals surface area (Å²) in [7, 11) is 0. The van der Waals surface area contributed by atoms with Crippen molar-refractivity contribution in [2.24, 2.45) is 5.73 Å². The van der Waals surface area contributed by atoms with Gasteiger partial charge in [-0.3, -0.25) is 0 Å². The topological polar surface area (TPSA) is 55.0 Å². The monoisotopic (exact) mass is 242 g/mol. The summed E-state index contributed by atoms with van der Waals surface area (Å²) in [5.74, 6) is 1.00. The first-order valence-corrected chi connectivity index (χ1v) is 6.49. The number of nitrogens with zero attached hydrogens (tertiary/aromatic N) is 3. The van der Waals surface area contributed by atoms with Gasteiger partial charge in [-0.05, 0) is 31.9 Å². The van der Waals surface area contributed by atoms with E-state index in [1.807, 2.05) is 31.2 Å². The van der Waals surface area contributed by atoms with Crippen molar-refractivity contribution < 1.29 is 0 Å². The molecule has 1 aromatic carbocycles. The molecule has 1 unspecified atom stereocenters. The largest absolute Gasteiger partial charge is 0.351 e. The molecule has 0 amide bonds. The smallest absolute Gasteiger partial charge is 0.151 e. The average Bonchev–Trinajstić information content (AvgIpc) is 2.86. The molecule has 4 nitrogen and oxygen atoms in total. The van der Waals surface area contributed by atoms with E-state index < -0.39 is 0 Å². The third-order valence-electron chi connectivity index (χ3n) is 3.64. The van der Waals surface area contributed by atoms with Crippen LogP contribution < -0.4 is 10.6 Å². The van der Waals surface area contributed by atoms with Crippen LogP contribution in [0.4, 0.5) is 5.82 Å². The highest BCUT2D eigenvalue weighted by Gasteiger charge is 2.26. The summed E-state index contributed by atoms with van der Waals surface area (Å²) in [5.41, 5.74) is 8.75. The fourth-order valence-electron chi connectivity index (χ4n) is 2.71. The molecule has 1 fully saturated rings. The zero-order valence-electron chi connectivity index (χ0n) is 10.6. The maximum Gasteiger partial charge on any atom is 0.151 e. The number of hydrogen-bond acceptors (Lipinski definition) is 4. The Morgan fingerprint density at radius 3 is 2.72 bits per heavy atom. The molecule has 94 valence electrons. The van der Waals surface area contributed by atoms with E-state index in [1.54, 1.807) is 0 Å². The van der Waals surface area contributed by atoms with Gasteiger partial charge >= 0.3 is 0 Å². The second-order valence-electron chi connectivity index (χ2n) is 4.85. The van der Waals surface area contributed by atoms with Gasteiger partial charge in [-0.2, -0.15) is 0 Å². The maximum absolute atomic E-state index is 5.83. The van der Waals surface area contributed by atoms with Gasteiger partial charge in [0.25, 0.3) is 0 Å². The Kier molecular flexibility index (Phi) is 2.88. The molecule has 18 heavy (non-hydrogen) atoms. The van der Waals surface area contributed by atoms with Crippen molar-refractivity contribution in [2.75, 3.05) is 18.0 Å². The maximum atomic E-state index is 5.83. The zero-order chi connectivity index (χ0) is 12.5. The summed E-state index contributed by atoms with van der Waals surface area (Å²) in [6, 6.07) is 8.43. The van der Waals surface area contributed by atoms with Gasteiger partial charge in [0.2, 0.25) is 0 Å². The molecule has 0 saturated carbocycles. The fraction of sp³-hybridized carbons (Fsp3) is 0.429. The van der Waals surface area contributed by atoms with Gasteiger partial charge in [-0.1, -0.05) is 12.1 Å². The highest BCUT2D eigenvalue weighted by atomic mass is 15.2. The number of aryl methyl sites for hydroxylation is 1. The third-order valence-corrected chi connectivity index (χ3v) is 3.64. The van der Waals surface area contributed by atoms with Crippen LogP contribution in [0.1, 0.15) is 18.5 Å². The van der Waals surface area contributed by atoms with Crippen LogP contribution in [0, 0.1) is 6.92 Å². The third kappa shape index (κ3) is 1.82. The number of rotatable bonds is 2. The Bertz CT molecular complexity index is 567. The molecule has 2 N–H and O–H groups in total. The van der Waals surface area contributed by atoms with Gasteiger partial charge in [0.05, 0.1) is 16.7 Å². The van der Waals surface area contributed by atoms with Crippen LogP contribution in [0.25, 0.3) is 11.0 Å². The Balaban J connectivity index is 2.08. The highest BCUT2D eigenvalue weighted by Crippen LogP contribution is 2.26. The summed E-state index contributed by atoms with van der Waals surface area (Å²) in [6.07, 6.45) is 2.35. The molecule has 1 aliphatic rings. The van der Waals surface area contributed by atoms with Crippen molar-refractivity contribution in [1.82, 2.24) is 9.97 Å². The van der Waals surface area contributed by atoms with E-state index in [1.165, 1.54) is 6.42 Å². The minimum absolute atomic E-state index is 0.416. The van der Waals surface area contributed by atoms with E-state index in [9.17, 15) is 0 Å². The summed E-state index contributed by atoms with van der Waals surface area (Å²) >= 11 is 0. The van der Waals surface area contributed by atoms with Crippen molar-refractivity contribution in [2.45, 2.75) is 25.8 Å². The SMILES string of the molecule is Cc1nc2ccccc2nc1N1CCCC1CN. The average molecular weight is 242 g/mol. The lowest BCUT2D eigenvalue weighted by molar-refractivity contribution is 0.669. The van der Waals surface area contributed by atoms with Gasteiger partial charge in [0.1, 0.15) is 0 Å². The molecule has 2 heterocycles. The molecular weight excluding hydrogens is 224 g/mol. The van der Waals surface area contributed by atoms with Crippen molar-refractivity contribution in [3.8, 4) is 0 Å². The second-order valence-corrected chi connectivity index (χ2v) is 4.85. The van der Waals surface area contributed by atoms with E-state index in [0.717, 1.165) is 35.5 Å². The number of hydrogen-bond donors (Lipinski definition) is 1. The van der Waals surface area contributed by atoms with Crippen LogP contribution in [0.2, 0.25) is 0 Å². The van der Waals surface area contributed by atoms with Crippen LogP contribution >= 0.6 is 0 Å².